The van der Waals surface area contributed by atoms with Crippen molar-refractivity contribution in [2.24, 2.45) is 0 Å². The summed E-state index contributed by atoms with van der Waals surface area (Å²) in [4.78, 5) is 0. The van der Waals surface area contributed by atoms with E-state index in [4.69, 9.17) is 0 Å². The average Bonchev–Trinajstić information content (AvgIpc) is 2.42. The van der Waals surface area contributed by atoms with Gasteiger partial charge < -0.3 is 5.32 Å². The molecule has 100 valence electrons. The Bertz CT molecular complexity index is 528. The molecule has 2 aromatic rings. The molecule has 0 saturated heterocycles. The van der Waals surface area contributed by atoms with Gasteiger partial charge in [0.25, 0.3) is 0 Å². The fraction of sp³-hybridized carbons (Fsp3) is 0.250. The number of nitrogens with one attached hydrogen (secondary N) is 1. The standard InChI is InChI=1S/C16H17BrFN/c1-2-10-19-16(12-6-4-3-5-7-12)14-9-8-13(17)11-15(14)18/h3-9,11,16,19H,2,10H2,1H3. The van der Waals surface area contributed by atoms with Crippen LogP contribution in [0.1, 0.15) is 30.5 Å². The topological polar surface area (TPSA) is 12.0 Å². The van der Waals surface area contributed by atoms with E-state index in [-0.39, 0.29) is 11.9 Å². The minimum atomic E-state index is -0.188. The highest BCUT2D eigenvalue weighted by Gasteiger charge is 2.16. The van der Waals surface area contributed by atoms with Crippen molar-refractivity contribution in [3.8, 4) is 0 Å². The van der Waals surface area contributed by atoms with Gasteiger partial charge in [0, 0.05) is 10.0 Å². The Kier molecular flexibility index (Phi) is 5.11. The smallest absolute Gasteiger partial charge is 0.129 e. The molecule has 0 fully saturated rings. The zero-order valence-electron chi connectivity index (χ0n) is 10.9. The molecule has 1 unspecified atom stereocenters. The van der Waals surface area contributed by atoms with Crippen LogP contribution in [-0.2, 0) is 0 Å². The summed E-state index contributed by atoms with van der Waals surface area (Å²) in [6.45, 7) is 2.96. The minimum Gasteiger partial charge on any atom is -0.306 e. The van der Waals surface area contributed by atoms with E-state index in [9.17, 15) is 4.39 Å². The molecule has 2 aromatic carbocycles. The molecule has 0 radical (unpaired) electrons. The Morgan fingerprint density at radius 2 is 1.89 bits per heavy atom. The first-order valence-corrected chi connectivity index (χ1v) is 7.25. The number of hydrogen-bond donors (Lipinski definition) is 1. The summed E-state index contributed by atoms with van der Waals surface area (Å²) in [6, 6.07) is 15.1. The normalized spacial score (nSPS) is 12.4. The van der Waals surface area contributed by atoms with E-state index < -0.39 is 0 Å². The van der Waals surface area contributed by atoms with Gasteiger partial charge in [-0.15, -0.1) is 0 Å². The van der Waals surface area contributed by atoms with Crippen LogP contribution in [0.15, 0.2) is 53.0 Å². The monoisotopic (exact) mass is 321 g/mol. The van der Waals surface area contributed by atoms with Crippen LogP contribution >= 0.6 is 15.9 Å². The molecule has 0 aliphatic heterocycles. The molecule has 2 rings (SSSR count). The largest absolute Gasteiger partial charge is 0.306 e. The molecule has 1 N–H and O–H groups in total. The van der Waals surface area contributed by atoms with Gasteiger partial charge in [-0.05, 0) is 30.7 Å². The van der Waals surface area contributed by atoms with E-state index in [1.807, 2.05) is 42.5 Å². The summed E-state index contributed by atoms with van der Waals surface area (Å²) < 4.78 is 14.9. The van der Waals surface area contributed by atoms with E-state index >= 15 is 0 Å². The quantitative estimate of drug-likeness (QED) is 0.843. The predicted molar refractivity (Wildman–Crippen MR) is 80.7 cm³/mol. The summed E-state index contributed by atoms with van der Waals surface area (Å²) in [5.74, 6) is -0.188. The third kappa shape index (κ3) is 3.64. The van der Waals surface area contributed by atoms with Gasteiger partial charge in [0.15, 0.2) is 0 Å². The summed E-state index contributed by atoms with van der Waals surface area (Å²) in [7, 11) is 0. The van der Waals surface area contributed by atoms with Crippen molar-refractivity contribution in [2.75, 3.05) is 6.54 Å². The second-order valence-corrected chi connectivity index (χ2v) is 5.38. The van der Waals surface area contributed by atoms with Gasteiger partial charge in [-0.1, -0.05) is 59.3 Å². The number of benzene rings is 2. The van der Waals surface area contributed by atoms with Crippen molar-refractivity contribution in [1.82, 2.24) is 5.32 Å². The van der Waals surface area contributed by atoms with Crippen molar-refractivity contribution in [3.63, 3.8) is 0 Å². The molecule has 0 heterocycles. The Hall–Kier alpha value is -1.19. The van der Waals surface area contributed by atoms with Gasteiger partial charge in [-0.3, -0.25) is 0 Å². The zero-order chi connectivity index (χ0) is 13.7. The van der Waals surface area contributed by atoms with Crippen LogP contribution in [0, 0.1) is 5.82 Å². The van der Waals surface area contributed by atoms with Crippen LogP contribution in [-0.4, -0.2) is 6.54 Å². The van der Waals surface area contributed by atoms with Crippen molar-refractivity contribution in [2.45, 2.75) is 19.4 Å². The predicted octanol–water partition coefficient (Wildman–Crippen LogP) is 4.68. The maximum Gasteiger partial charge on any atom is 0.129 e. The van der Waals surface area contributed by atoms with Crippen LogP contribution in [0.25, 0.3) is 0 Å². The molecule has 0 amide bonds. The first kappa shape index (κ1) is 14.2. The first-order chi connectivity index (χ1) is 9.22. The highest BCUT2D eigenvalue weighted by molar-refractivity contribution is 9.10. The SMILES string of the molecule is CCCNC(c1ccccc1)c1ccc(Br)cc1F. The molecule has 0 saturated carbocycles. The molecular weight excluding hydrogens is 305 g/mol. The van der Waals surface area contributed by atoms with E-state index in [1.54, 1.807) is 0 Å². The molecule has 0 aromatic heterocycles. The molecule has 1 atom stereocenters. The molecular formula is C16H17BrFN. The number of rotatable bonds is 5. The average molecular weight is 322 g/mol. The summed E-state index contributed by atoms with van der Waals surface area (Å²) in [5, 5.41) is 3.41. The van der Waals surface area contributed by atoms with E-state index in [1.165, 1.54) is 6.07 Å². The lowest BCUT2D eigenvalue weighted by molar-refractivity contribution is 0.546. The Balaban J connectivity index is 2.37. The van der Waals surface area contributed by atoms with Gasteiger partial charge in [-0.2, -0.15) is 0 Å². The molecule has 3 heteroatoms. The van der Waals surface area contributed by atoms with E-state index in [2.05, 4.69) is 28.2 Å². The van der Waals surface area contributed by atoms with Gasteiger partial charge in [0.1, 0.15) is 5.82 Å². The maximum absolute atomic E-state index is 14.1. The lowest BCUT2D eigenvalue weighted by Crippen LogP contribution is -2.24. The van der Waals surface area contributed by atoms with Crippen LogP contribution < -0.4 is 5.32 Å². The minimum absolute atomic E-state index is 0.103. The first-order valence-electron chi connectivity index (χ1n) is 6.45. The highest BCUT2D eigenvalue weighted by Crippen LogP contribution is 2.26. The summed E-state index contributed by atoms with van der Waals surface area (Å²) in [5.41, 5.74) is 1.76. The van der Waals surface area contributed by atoms with E-state index in [0.29, 0.717) is 5.56 Å². The second kappa shape index (κ2) is 6.83. The van der Waals surface area contributed by atoms with Crippen LogP contribution in [0.5, 0.6) is 0 Å². The summed E-state index contributed by atoms with van der Waals surface area (Å²) in [6.07, 6.45) is 1.02. The lowest BCUT2D eigenvalue weighted by atomic mass is 9.98. The fourth-order valence-electron chi connectivity index (χ4n) is 2.08. The Morgan fingerprint density at radius 3 is 2.53 bits per heavy atom. The third-order valence-electron chi connectivity index (χ3n) is 3.00. The Morgan fingerprint density at radius 1 is 1.16 bits per heavy atom. The fourth-order valence-corrected chi connectivity index (χ4v) is 2.41. The molecule has 1 nitrogen and oxygen atoms in total. The second-order valence-electron chi connectivity index (χ2n) is 4.46. The lowest BCUT2D eigenvalue weighted by Gasteiger charge is -2.20. The molecule has 0 spiro atoms. The zero-order valence-corrected chi connectivity index (χ0v) is 12.5. The number of halogens is 2. The highest BCUT2D eigenvalue weighted by atomic mass is 79.9. The van der Waals surface area contributed by atoms with Crippen LogP contribution in [0.3, 0.4) is 0 Å². The summed E-state index contributed by atoms with van der Waals surface area (Å²) >= 11 is 3.29. The van der Waals surface area contributed by atoms with Crippen molar-refractivity contribution in [3.05, 3.63) is 69.9 Å². The molecule has 0 aliphatic carbocycles. The van der Waals surface area contributed by atoms with Gasteiger partial charge in [-0.25, -0.2) is 4.39 Å². The maximum atomic E-state index is 14.1. The van der Waals surface area contributed by atoms with Crippen LogP contribution in [0.4, 0.5) is 4.39 Å². The van der Waals surface area contributed by atoms with Crippen molar-refractivity contribution in [1.29, 1.82) is 0 Å². The Labute approximate surface area is 122 Å². The number of hydrogen-bond acceptors (Lipinski definition) is 1. The molecule has 19 heavy (non-hydrogen) atoms. The molecule has 0 aliphatic rings. The van der Waals surface area contributed by atoms with Gasteiger partial charge >= 0.3 is 0 Å². The van der Waals surface area contributed by atoms with E-state index in [0.717, 1.165) is 23.0 Å². The molecule has 0 bridgehead atoms. The van der Waals surface area contributed by atoms with Gasteiger partial charge in [0.2, 0.25) is 0 Å². The van der Waals surface area contributed by atoms with Gasteiger partial charge in [0.05, 0.1) is 6.04 Å². The van der Waals surface area contributed by atoms with Crippen molar-refractivity contribution < 1.29 is 4.39 Å². The van der Waals surface area contributed by atoms with Crippen molar-refractivity contribution >= 4 is 15.9 Å². The third-order valence-corrected chi connectivity index (χ3v) is 3.50. The van der Waals surface area contributed by atoms with Crippen LogP contribution in [0.2, 0.25) is 0 Å².